The molecule has 1 aromatic heterocycles. The highest BCUT2D eigenvalue weighted by atomic mass is 32.2. The molecule has 8 heteroatoms. The Morgan fingerprint density at radius 1 is 1.11 bits per heavy atom. The minimum absolute atomic E-state index is 0.0952. The molecule has 0 saturated heterocycles. The summed E-state index contributed by atoms with van der Waals surface area (Å²) in [6.07, 6.45) is 3.55. The number of benzene rings is 2. The number of sulfonamides is 1. The van der Waals surface area contributed by atoms with E-state index in [-0.39, 0.29) is 10.8 Å². The topological polar surface area (TPSA) is 84.3 Å². The second-order valence-electron chi connectivity index (χ2n) is 6.18. The normalized spacial score (nSPS) is 11.2. The minimum Gasteiger partial charge on any atom is -0.337 e. The zero-order valence-electron chi connectivity index (χ0n) is 15.0. The Labute approximate surface area is 158 Å². The van der Waals surface area contributed by atoms with Gasteiger partial charge in [-0.15, -0.1) is 0 Å². The molecule has 0 atom stereocenters. The van der Waals surface area contributed by atoms with Crippen LogP contribution in [0.5, 0.6) is 0 Å². The van der Waals surface area contributed by atoms with Crippen molar-refractivity contribution in [3.05, 3.63) is 78.1 Å². The first-order chi connectivity index (χ1) is 12.8. The number of para-hydroxylation sites is 1. The lowest BCUT2D eigenvalue weighted by Crippen LogP contribution is -2.26. The second-order valence-corrected chi connectivity index (χ2v) is 7.86. The number of aromatic nitrogens is 2. The van der Waals surface area contributed by atoms with E-state index in [0.29, 0.717) is 17.8 Å². The van der Waals surface area contributed by atoms with E-state index in [0.717, 1.165) is 5.56 Å². The highest BCUT2D eigenvalue weighted by molar-refractivity contribution is 7.92. The van der Waals surface area contributed by atoms with E-state index < -0.39 is 10.0 Å². The van der Waals surface area contributed by atoms with Crippen LogP contribution < -0.4 is 4.72 Å². The van der Waals surface area contributed by atoms with Crippen molar-refractivity contribution in [1.82, 2.24) is 14.7 Å². The van der Waals surface area contributed by atoms with Crippen molar-refractivity contribution in [3.63, 3.8) is 0 Å². The van der Waals surface area contributed by atoms with Crippen LogP contribution in [-0.2, 0) is 23.6 Å². The van der Waals surface area contributed by atoms with Crippen molar-refractivity contribution in [2.45, 2.75) is 11.4 Å². The quantitative estimate of drug-likeness (QED) is 0.708. The first-order valence-corrected chi connectivity index (χ1v) is 9.74. The molecule has 0 spiro atoms. The maximum absolute atomic E-state index is 12.5. The lowest BCUT2D eigenvalue weighted by Gasteiger charge is -2.16. The second kappa shape index (κ2) is 7.63. The van der Waals surface area contributed by atoms with Crippen LogP contribution in [0.3, 0.4) is 0 Å². The fourth-order valence-electron chi connectivity index (χ4n) is 2.62. The summed E-state index contributed by atoms with van der Waals surface area (Å²) in [5.74, 6) is -0.196. The molecule has 140 valence electrons. The molecule has 3 aromatic rings. The highest BCUT2D eigenvalue weighted by Crippen LogP contribution is 2.17. The monoisotopic (exact) mass is 384 g/mol. The Morgan fingerprint density at radius 2 is 1.78 bits per heavy atom. The first-order valence-electron chi connectivity index (χ1n) is 8.26. The zero-order valence-corrected chi connectivity index (χ0v) is 15.8. The van der Waals surface area contributed by atoms with Gasteiger partial charge in [0.25, 0.3) is 15.9 Å². The summed E-state index contributed by atoms with van der Waals surface area (Å²) in [6, 6.07) is 14.5. The summed E-state index contributed by atoms with van der Waals surface area (Å²) >= 11 is 0. The number of carbonyl (C=O) groups excluding carboxylic acids is 1. The molecule has 1 heterocycles. The third kappa shape index (κ3) is 4.53. The predicted octanol–water partition coefficient (Wildman–Crippen LogP) is 2.49. The molecule has 0 saturated carbocycles. The number of aryl methyl sites for hydroxylation is 1. The summed E-state index contributed by atoms with van der Waals surface area (Å²) in [7, 11) is -0.203. The molecule has 0 unspecified atom stereocenters. The summed E-state index contributed by atoms with van der Waals surface area (Å²) in [5.41, 5.74) is 1.81. The average molecular weight is 384 g/mol. The van der Waals surface area contributed by atoms with E-state index in [1.807, 2.05) is 13.2 Å². The minimum atomic E-state index is -3.71. The van der Waals surface area contributed by atoms with Crippen molar-refractivity contribution < 1.29 is 13.2 Å². The summed E-state index contributed by atoms with van der Waals surface area (Å²) in [4.78, 5) is 14.2. The maximum Gasteiger partial charge on any atom is 0.261 e. The molecule has 0 aliphatic carbocycles. The van der Waals surface area contributed by atoms with Crippen LogP contribution in [0.4, 0.5) is 5.69 Å². The van der Waals surface area contributed by atoms with Crippen molar-refractivity contribution in [2.24, 2.45) is 7.05 Å². The summed E-state index contributed by atoms with van der Waals surface area (Å²) in [5, 5.41) is 4.08. The molecule has 1 amide bonds. The van der Waals surface area contributed by atoms with Crippen LogP contribution in [0, 0.1) is 0 Å². The molecule has 0 fully saturated rings. The molecule has 0 aliphatic heterocycles. The van der Waals surface area contributed by atoms with Gasteiger partial charge in [-0.25, -0.2) is 8.42 Å². The van der Waals surface area contributed by atoms with Gasteiger partial charge in [-0.2, -0.15) is 5.10 Å². The van der Waals surface area contributed by atoms with Crippen LogP contribution in [0.15, 0.2) is 71.9 Å². The number of nitrogens with zero attached hydrogens (tertiary/aromatic N) is 3. The van der Waals surface area contributed by atoms with Gasteiger partial charge in [-0.05, 0) is 36.4 Å². The number of hydrogen-bond donors (Lipinski definition) is 1. The number of amides is 1. The van der Waals surface area contributed by atoms with Crippen molar-refractivity contribution >= 4 is 21.6 Å². The van der Waals surface area contributed by atoms with Crippen LogP contribution in [0.25, 0.3) is 0 Å². The number of hydrogen-bond acceptors (Lipinski definition) is 4. The molecule has 0 aliphatic rings. The fourth-order valence-corrected chi connectivity index (χ4v) is 3.68. The smallest absolute Gasteiger partial charge is 0.261 e. The Hall–Kier alpha value is -3.13. The van der Waals surface area contributed by atoms with Gasteiger partial charge in [0, 0.05) is 43.7 Å². The number of carbonyl (C=O) groups is 1. The van der Waals surface area contributed by atoms with Crippen LogP contribution in [0.1, 0.15) is 15.9 Å². The third-order valence-electron chi connectivity index (χ3n) is 3.96. The number of anilines is 1. The Balaban J connectivity index is 1.71. The van der Waals surface area contributed by atoms with Gasteiger partial charge in [0.2, 0.25) is 0 Å². The largest absolute Gasteiger partial charge is 0.337 e. The number of nitrogens with one attached hydrogen (secondary N) is 1. The van der Waals surface area contributed by atoms with Gasteiger partial charge in [-0.3, -0.25) is 14.2 Å². The van der Waals surface area contributed by atoms with E-state index in [4.69, 9.17) is 0 Å². The Morgan fingerprint density at radius 3 is 2.37 bits per heavy atom. The first kappa shape index (κ1) is 18.7. The SMILES string of the molecule is CN(Cc1cnn(C)c1)C(=O)c1ccc(S(=O)(=O)Nc2ccccc2)cc1. The zero-order chi connectivity index (χ0) is 19.4. The van der Waals surface area contributed by atoms with Gasteiger partial charge in [0.05, 0.1) is 11.1 Å². The molecular formula is C19H20N4O3S. The van der Waals surface area contributed by atoms with Gasteiger partial charge in [0.1, 0.15) is 0 Å². The van der Waals surface area contributed by atoms with Crippen molar-refractivity contribution in [1.29, 1.82) is 0 Å². The van der Waals surface area contributed by atoms with Gasteiger partial charge >= 0.3 is 0 Å². The fraction of sp³-hybridized carbons (Fsp3) is 0.158. The summed E-state index contributed by atoms with van der Waals surface area (Å²) in [6.45, 7) is 0.419. The van der Waals surface area contributed by atoms with Crippen LogP contribution in [0.2, 0.25) is 0 Å². The number of rotatable bonds is 6. The van der Waals surface area contributed by atoms with Gasteiger partial charge in [0.15, 0.2) is 0 Å². The van der Waals surface area contributed by atoms with E-state index >= 15 is 0 Å². The van der Waals surface area contributed by atoms with Crippen molar-refractivity contribution in [3.8, 4) is 0 Å². The maximum atomic E-state index is 12.5. The van der Waals surface area contributed by atoms with E-state index in [9.17, 15) is 13.2 Å². The molecule has 0 bridgehead atoms. The van der Waals surface area contributed by atoms with E-state index in [2.05, 4.69) is 9.82 Å². The average Bonchev–Trinajstić information content (AvgIpc) is 3.06. The molecule has 7 nitrogen and oxygen atoms in total. The van der Waals surface area contributed by atoms with Crippen LogP contribution in [-0.4, -0.2) is 36.1 Å². The van der Waals surface area contributed by atoms with E-state index in [1.165, 1.54) is 24.3 Å². The molecule has 3 rings (SSSR count). The standard InChI is InChI=1S/C19H20N4O3S/c1-22(13-15-12-20-23(2)14-15)19(24)16-8-10-18(11-9-16)27(25,26)21-17-6-4-3-5-7-17/h3-12,14,21H,13H2,1-2H3. The van der Waals surface area contributed by atoms with E-state index in [1.54, 1.807) is 53.2 Å². The molecule has 1 N–H and O–H groups in total. The third-order valence-corrected chi connectivity index (χ3v) is 5.36. The van der Waals surface area contributed by atoms with Gasteiger partial charge in [-0.1, -0.05) is 18.2 Å². The van der Waals surface area contributed by atoms with Gasteiger partial charge < -0.3 is 4.90 Å². The lowest BCUT2D eigenvalue weighted by molar-refractivity contribution is 0.0785. The molecule has 27 heavy (non-hydrogen) atoms. The Kier molecular flexibility index (Phi) is 5.27. The van der Waals surface area contributed by atoms with Crippen molar-refractivity contribution in [2.75, 3.05) is 11.8 Å². The Bertz CT molecular complexity index is 1030. The molecular weight excluding hydrogens is 364 g/mol. The predicted molar refractivity (Wildman–Crippen MR) is 103 cm³/mol. The highest BCUT2D eigenvalue weighted by Gasteiger charge is 2.17. The summed E-state index contributed by atoms with van der Waals surface area (Å²) < 4.78 is 29.1. The van der Waals surface area contributed by atoms with Crippen LogP contribution >= 0.6 is 0 Å². The molecule has 0 radical (unpaired) electrons. The molecule has 2 aromatic carbocycles. The lowest BCUT2D eigenvalue weighted by atomic mass is 10.2.